The van der Waals surface area contributed by atoms with E-state index in [9.17, 15) is 9.18 Å². The van der Waals surface area contributed by atoms with Crippen LogP contribution in [0.2, 0.25) is 0 Å². The monoisotopic (exact) mass is 456 g/mol. The number of carbonyl (C=O) groups excluding carboxylic acids is 1. The second-order valence-electron chi connectivity index (χ2n) is 5.99. The Balaban J connectivity index is 1.48. The second kappa shape index (κ2) is 10.4. The van der Waals surface area contributed by atoms with Crippen molar-refractivity contribution in [3.05, 3.63) is 94.2 Å². The molecule has 0 aromatic heterocycles. The van der Waals surface area contributed by atoms with Crippen molar-refractivity contribution in [2.75, 3.05) is 11.9 Å². The van der Waals surface area contributed by atoms with Crippen LogP contribution < -0.4 is 10.1 Å². The van der Waals surface area contributed by atoms with Crippen LogP contribution in [0.25, 0.3) is 0 Å². The summed E-state index contributed by atoms with van der Waals surface area (Å²) in [6.07, 6.45) is 1.49. The van der Waals surface area contributed by atoms with Gasteiger partial charge in [-0.2, -0.15) is 0 Å². The highest BCUT2D eigenvalue weighted by Gasteiger charge is 2.06. The number of nitrogens with zero attached hydrogens (tertiary/aromatic N) is 1. The molecule has 0 bridgehead atoms. The van der Waals surface area contributed by atoms with Crippen molar-refractivity contribution in [2.45, 2.75) is 6.61 Å². The third-order valence-electron chi connectivity index (χ3n) is 3.83. The van der Waals surface area contributed by atoms with Gasteiger partial charge in [-0.3, -0.25) is 4.79 Å². The first kappa shape index (κ1) is 20.5. The summed E-state index contributed by atoms with van der Waals surface area (Å²) in [5.74, 6) is -0.0270. The van der Waals surface area contributed by atoms with E-state index in [0.717, 1.165) is 5.56 Å². The molecular weight excluding hydrogens is 439 g/mol. The summed E-state index contributed by atoms with van der Waals surface area (Å²) >= 11 is 3.42. The molecule has 0 fully saturated rings. The third-order valence-corrected chi connectivity index (χ3v) is 4.45. The van der Waals surface area contributed by atoms with Gasteiger partial charge in [0.05, 0.1) is 10.7 Å². The molecule has 0 saturated heterocycles. The molecule has 3 aromatic carbocycles. The normalized spacial score (nSPS) is 10.7. The van der Waals surface area contributed by atoms with E-state index in [4.69, 9.17) is 9.57 Å². The van der Waals surface area contributed by atoms with Gasteiger partial charge in [0.1, 0.15) is 18.2 Å². The van der Waals surface area contributed by atoms with Crippen molar-refractivity contribution >= 4 is 33.7 Å². The summed E-state index contributed by atoms with van der Waals surface area (Å²) in [5, 5.41) is 6.50. The molecule has 0 aliphatic rings. The quantitative estimate of drug-likeness (QED) is 0.376. The zero-order chi connectivity index (χ0) is 20.5. The molecule has 0 aliphatic heterocycles. The molecule has 3 rings (SSSR count). The van der Waals surface area contributed by atoms with E-state index in [2.05, 4.69) is 26.4 Å². The maximum absolute atomic E-state index is 13.7. The van der Waals surface area contributed by atoms with Crippen molar-refractivity contribution in [1.29, 1.82) is 0 Å². The van der Waals surface area contributed by atoms with Crippen LogP contribution in [0.1, 0.15) is 11.1 Å². The van der Waals surface area contributed by atoms with Gasteiger partial charge in [0.2, 0.25) is 0 Å². The van der Waals surface area contributed by atoms with Crippen LogP contribution >= 0.6 is 15.9 Å². The van der Waals surface area contributed by atoms with Crippen LogP contribution in [-0.2, 0) is 16.2 Å². The number of halogens is 2. The maximum Gasteiger partial charge on any atom is 0.265 e. The predicted octanol–water partition coefficient (Wildman–Crippen LogP) is 5.16. The number of hydrogen-bond donors (Lipinski definition) is 1. The average Bonchev–Trinajstić information content (AvgIpc) is 2.72. The summed E-state index contributed by atoms with van der Waals surface area (Å²) in [7, 11) is 0. The van der Waals surface area contributed by atoms with Gasteiger partial charge < -0.3 is 14.9 Å². The third kappa shape index (κ3) is 6.43. The van der Waals surface area contributed by atoms with Crippen LogP contribution in [0.3, 0.4) is 0 Å². The van der Waals surface area contributed by atoms with Crippen molar-refractivity contribution in [3.8, 4) is 5.75 Å². The summed E-state index contributed by atoms with van der Waals surface area (Å²) < 4.78 is 20.0. The molecule has 0 heterocycles. The Hall–Kier alpha value is -3.19. The van der Waals surface area contributed by atoms with E-state index < -0.39 is 0 Å². The minimum atomic E-state index is -0.305. The van der Waals surface area contributed by atoms with Crippen molar-refractivity contribution in [3.63, 3.8) is 0 Å². The smallest absolute Gasteiger partial charge is 0.265 e. The minimum absolute atomic E-state index is 0.123. The first-order valence-electron chi connectivity index (χ1n) is 8.78. The van der Waals surface area contributed by atoms with Crippen LogP contribution in [0.15, 0.2) is 82.4 Å². The summed E-state index contributed by atoms with van der Waals surface area (Å²) in [6, 6.07) is 20.9. The minimum Gasteiger partial charge on any atom is -0.488 e. The molecule has 0 spiro atoms. The predicted molar refractivity (Wildman–Crippen MR) is 113 cm³/mol. The van der Waals surface area contributed by atoms with Gasteiger partial charge in [-0.05, 0) is 57.9 Å². The largest absolute Gasteiger partial charge is 0.488 e. The van der Waals surface area contributed by atoms with Gasteiger partial charge in [0.15, 0.2) is 6.61 Å². The summed E-state index contributed by atoms with van der Waals surface area (Å²) in [6.45, 7) is -0.0747. The fourth-order valence-corrected chi connectivity index (χ4v) is 2.91. The molecular formula is C22H18BrFN2O3. The number of carbonyl (C=O) groups is 1. The molecule has 148 valence electrons. The number of anilines is 1. The Morgan fingerprint density at radius 1 is 1.07 bits per heavy atom. The number of benzene rings is 3. The number of amides is 1. The number of nitrogens with one attached hydrogen (secondary N) is 1. The molecule has 0 unspecified atom stereocenters. The molecule has 0 atom stereocenters. The standard InChI is InChI=1S/C22H18BrFN2O3/c23-19-12-16(10-11-21(19)28-14-17-6-4-5-9-20(17)24)13-25-29-15-22(27)26-18-7-2-1-3-8-18/h1-13H,14-15H2,(H,26,27)/b25-13+. The summed E-state index contributed by atoms with van der Waals surface area (Å²) in [4.78, 5) is 16.8. The van der Waals surface area contributed by atoms with Gasteiger partial charge in [0, 0.05) is 11.3 Å². The van der Waals surface area contributed by atoms with Crippen molar-refractivity contribution in [2.24, 2.45) is 5.16 Å². The number of hydrogen-bond acceptors (Lipinski definition) is 4. The first-order chi connectivity index (χ1) is 14.1. The highest BCUT2D eigenvalue weighted by atomic mass is 79.9. The van der Waals surface area contributed by atoms with Crippen molar-refractivity contribution in [1.82, 2.24) is 0 Å². The zero-order valence-corrected chi connectivity index (χ0v) is 16.9. The molecule has 7 heteroatoms. The molecule has 1 N–H and O–H groups in total. The lowest BCUT2D eigenvalue weighted by atomic mass is 10.2. The molecule has 29 heavy (non-hydrogen) atoms. The topological polar surface area (TPSA) is 59.9 Å². The first-order valence-corrected chi connectivity index (χ1v) is 9.57. The van der Waals surface area contributed by atoms with Gasteiger partial charge >= 0.3 is 0 Å². The van der Waals surface area contributed by atoms with Gasteiger partial charge in [-0.1, -0.05) is 41.6 Å². The molecule has 0 saturated carbocycles. The van der Waals surface area contributed by atoms with Crippen LogP contribution in [-0.4, -0.2) is 18.7 Å². The lowest BCUT2D eigenvalue weighted by Crippen LogP contribution is -2.16. The SMILES string of the molecule is O=C(CO/N=C/c1ccc(OCc2ccccc2F)c(Br)c1)Nc1ccccc1. The van der Waals surface area contributed by atoms with E-state index in [1.165, 1.54) is 12.3 Å². The Labute approximate surface area is 176 Å². The van der Waals surface area contributed by atoms with E-state index >= 15 is 0 Å². The molecule has 0 aliphatic carbocycles. The molecule has 5 nitrogen and oxygen atoms in total. The maximum atomic E-state index is 13.7. The second-order valence-corrected chi connectivity index (χ2v) is 6.85. The van der Waals surface area contributed by atoms with E-state index in [0.29, 0.717) is 21.5 Å². The van der Waals surface area contributed by atoms with E-state index in [1.807, 2.05) is 18.2 Å². The van der Waals surface area contributed by atoms with Crippen LogP contribution in [0.4, 0.5) is 10.1 Å². The van der Waals surface area contributed by atoms with Crippen LogP contribution in [0.5, 0.6) is 5.75 Å². The van der Waals surface area contributed by atoms with Crippen molar-refractivity contribution < 1.29 is 18.8 Å². The number of ether oxygens (including phenoxy) is 1. The average molecular weight is 457 g/mol. The van der Waals surface area contributed by atoms with E-state index in [1.54, 1.807) is 48.5 Å². The Bertz CT molecular complexity index is 996. The Morgan fingerprint density at radius 2 is 1.83 bits per heavy atom. The number of para-hydroxylation sites is 1. The number of oxime groups is 1. The lowest BCUT2D eigenvalue weighted by Gasteiger charge is -2.09. The lowest BCUT2D eigenvalue weighted by molar-refractivity contribution is -0.120. The Morgan fingerprint density at radius 3 is 2.59 bits per heavy atom. The van der Waals surface area contributed by atoms with Crippen LogP contribution in [0, 0.1) is 5.82 Å². The molecule has 3 aromatic rings. The van der Waals surface area contributed by atoms with E-state index in [-0.39, 0.29) is 24.9 Å². The van der Waals surface area contributed by atoms with Gasteiger partial charge in [-0.15, -0.1) is 0 Å². The zero-order valence-electron chi connectivity index (χ0n) is 15.3. The highest BCUT2D eigenvalue weighted by Crippen LogP contribution is 2.26. The van der Waals surface area contributed by atoms with Gasteiger partial charge in [0.25, 0.3) is 5.91 Å². The molecule has 1 amide bonds. The highest BCUT2D eigenvalue weighted by molar-refractivity contribution is 9.10. The van der Waals surface area contributed by atoms with Gasteiger partial charge in [-0.25, -0.2) is 4.39 Å². The fraction of sp³-hybridized carbons (Fsp3) is 0.0909. The summed E-state index contributed by atoms with van der Waals surface area (Å²) in [5.41, 5.74) is 1.92. The Kier molecular flexibility index (Phi) is 7.35. The number of rotatable bonds is 8. The fourth-order valence-electron chi connectivity index (χ4n) is 2.40. The molecule has 0 radical (unpaired) electrons.